The first-order valence-corrected chi connectivity index (χ1v) is 6.12. The van der Waals surface area contributed by atoms with E-state index < -0.39 is 0 Å². The summed E-state index contributed by atoms with van der Waals surface area (Å²) in [5.74, 6) is 0.0401. The topological polar surface area (TPSA) is 38.7 Å². The van der Waals surface area contributed by atoms with Gasteiger partial charge in [0.1, 0.15) is 7.11 Å². The number of hydrogen-bond donors (Lipinski definition) is 0. The summed E-state index contributed by atoms with van der Waals surface area (Å²) >= 11 is 0. The van der Waals surface area contributed by atoms with Gasteiger partial charge in [-0.25, -0.2) is 0 Å². The van der Waals surface area contributed by atoms with E-state index in [2.05, 4.69) is 5.16 Å². The first-order valence-electron chi connectivity index (χ1n) is 6.12. The number of nitrogens with zero attached hydrogens (tertiary/aromatic N) is 1. The van der Waals surface area contributed by atoms with Crippen molar-refractivity contribution in [3.05, 3.63) is 70.8 Å². The van der Waals surface area contributed by atoms with E-state index in [-0.39, 0.29) is 11.7 Å². The van der Waals surface area contributed by atoms with Crippen LogP contribution in [0.15, 0.2) is 53.7 Å². The van der Waals surface area contributed by atoms with Crippen molar-refractivity contribution in [3.8, 4) is 0 Å². The molecular formula is C16H13NO2. The third-order valence-corrected chi connectivity index (χ3v) is 3.40. The van der Waals surface area contributed by atoms with Crippen molar-refractivity contribution in [3.63, 3.8) is 0 Å². The zero-order chi connectivity index (χ0) is 13.2. The molecule has 0 atom stereocenters. The van der Waals surface area contributed by atoms with Gasteiger partial charge in [0.25, 0.3) is 0 Å². The second-order valence-corrected chi connectivity index (χ2v) is 4.42. The largest absolute Gasteiger partial charge is 0.399 e. The van der Waals surface area contributed by atoms with Crippen LogP contribution >= 0.6 is 0 Å². The highest BCUT2D eigenvalue weighted by Gasteiger charge is 2.29. The number of fused-ring (bicyclic) bond motifs is 2. The highest BCUT2D eigenvalue weighted by Crippen LogP contribution is 2.35. The number of benzene rings is 2. The lowest BCUT2D eigenvalue weighted by Gasteiger charge is -2.24. The van der Waals surface area contributed by atoms with Crippen LogP contribution in [0.3, 0.4) is 0 Å². The van der Waals surface area contributed by atoms with Crippen LogP contribution in [-0.4, -0.2) is 19.1 Å². The predicted molar refractivity (Wildman–Crippen MR) is 73.7 cm³/mol. The standard InChI is InChI=1S/C16H13NO2/c1-19-17-10-15-11-6-2-4-8-13(11)16(18)14-9-5-3-7-12(14)15/h2-10,15H,1H3/b17-10-. The summed E-state index contributed by atoms with van der Waals surface area (Å²) in [6.45, 7) is 0. The van der Waals surface area contributed by atoms with Gasteiger partial charge in [0.05, 0.1) is 6.21 Å². The molecule has 0 saturated carbocycles. The zero-order valence-electron chi connectivity index (χ0n) is 10.5. The van der Waals surface area contributed by atoms with E-state index in [4.69, 9.17) is 4.84 Å². The fourth-order valence-corrected chi connectivity index (χ4v) is 2.54. The normalized spacial score (nSPS) is 14.3. The lowest BCUT2D eigenvalue weighted by atomic mass is 9.78. The van der Waals surface area contributed by atoms with E-state index in [0.717, 1.165) is 22.3 Å². The number of carbonyl (C=O) groups excluding carboxylic acids is 1. The molecule has 0 heterocycles. The van der Waals surface area contributed by atoms with Crippen LogP contribution in [0.2, 0.25) is 0 Å². The molecule has 0 radical (unpaired) electrons. The predicted octanol–water partition coefficient (Wildman–Crippen LogP) is 3.00. The lowest BCUT2D eigenvalue weighted by Crippen LogP contribution is -2.20. The van der Waals surface area contributed by atoms with Crippen LogP contribution in [0.25, 0.3) is 0 Å². The smallest absolute Gasteiger partial charge is 0.193 e. The molecule has 19 heavy (non-hydrogen) atoms. The molecule has 0 saturated heterocycles. The molecule has 0 amide bonds. The average Bonchev–Trinajstić information content (AvgIpc) is 2.47. The van der Waals surface area contributed by atoms with Crippen molar-refractivity contribution in [1.29, 1.82) is 0 Å². The summed E-state index contributed by atoms with van der Waals surface area (Å²) in [7, 11) is 1.52. The van der Waals surface area contributed by atoms with E-state index in [9.17, 15) is 4.79 Å². The molecule has 0 spiro atoms. The highest BCUT2D eigenvalue weighted by molar-refractivity contribution is 6.14. The molecule has 1 aliphatic carbocycles. The van der Waals surface area contributed by atoms with Crippen LogP contribution < -0.4 is 0 Å². The monoisotopic (exact) mass is 251 g/mol. The van der Waals surface area contributed by atoms with E-state index in [1.165, 1.54) is 7.11 Å². The molecular weight excluding hydrogens is 238 g/mol. The fourth-order valence-electron chi connectivity index (χ4n) is 2.54. The molecule has 1 aliphatic rings. The Bertz CT molecular complexity index is 612. The summed E-state index contributed by atoms with van der Waals surface area (Å²) in [5, 5.41) is 3.88. The van der Waals surface area contributed by atoms with Gasteiger partial charge in [-0.05, 0) is 11.1 Å². The first-order chi connectivity index (χ1) is 9.33. The molecule has 0 fully saturated rings. The number of carbonyl (C=O) groups is 1. The third-order valence-electron chi connectivity index (χ3n) is 3.40. The molecule has 0 aliphatic heterocycles. The van der Waals surface area contributed by atoms with E-state index in [1.54, 1.807) is 6.21 Å². The first kappa shape index (κ1) is 11.7. The van der Waals surface area contributed by atoms with Gasteiger partial charge < -0.3 is 4.84 Å². The second-order valence-electron chi connectivity index (χ2n) is 4.42. The summed E-state index contributed by atoms with van der Waals surface area (Å²) in [6, 6.07) is 15.3. The van der Waals surface area contributed by atoms with Gasteiger partial charge >= 0.3 is 0 Å². The zero-order valence-corrected chi connectivity index (χ0v) is 10.5. The average molecular weight is 251 g/mol. The van der Waals surface area contributed by atoms with Crippen molar-refractivity contribution >= 4 is 12.0 Å². The van der Waals surface area contributed by atoms with Crippen LogP contribution in [-0.2, 0) is 4.84 Å². The molecule has 2 aromatic rings. The van der Waals surface area contributed by atoms with Gasteiger partial charge in [-0.2, -0.15) is 0 Å². The Kier molecular flexibility index (Phi) is 2.88. The molecule has 3 nitrogen and oxygen atoms in total. The van der Waals surface area contributed by atoms with Crippen LogP contribution in [0.5, 0.6) is 0 Å². The van der Waals surface area contributed by atoms with Crippen LogP contribution in [0.1, 0.15) is 33.0 Å². The van der Waals surface area contributed by atoms with Crippen molar-refractivity contribution in [1.82, 2.24) is 0 Å². The van der Waals surface area contributed by atoms with Crippen molar-refractivity contribution < 1.29 is 9.63 Å². The molecule has 3 rings (SSSR count). The molecule has 2 aromatic carbocycles. The third kappa shape index (κ3) is 1.83. The van der Waals surface area contributed by atoms with Crippen LogP contribution in [0.4, 0.5) is 0 Å². The van der Waals surface area contributed by atoms with E-state index >= 15 is 0 Å². The summed E-state index contributed by atoms with van der Waals surface area (Å²) in [4.78, 5) is 17.2. The number of oxime groups is 1. The van der Waals surface area contributed by atoms with E-state index in [1.807, 2.05) is 48.5 Å². The Hall–Kier alpha value is -2.42. The Morgan fingerprint density at radius 3 is 2.05 bits per heavy atom. The Balaban J connectivity index is 2.23. The summed E-state index contributed by atoms with van der Waals surface area (Å²) in [6.07, 6.45) is 1.74. The quantitative estimate of drug-likeness (QED) is 0.608. The molecule has 0 unspecified atom stereocenters. The van der Waals surface area contributed by atoms with Gasteiger partial charge in [-0.3, -0.25) is 4.79 Å². The maximum absolute atomic E-state index is 12.5. The fraction of sp³-hybridized carbons (Fsp3) is 0.125. The van der Waals surface area contributed by atoms with Gasteiger partial charge in [0.2, 0.25) is 0 Å². The van der Waals surface area contributed by atoms with Crippen molar-refractivity contribution in [2.24, 2.45) is 5.16 Å². The number of rotatable bonds is 2. The maximum atomic E-state index is 12.5. The highest BCUT2D eigenvalue weighted by atomic mass is 16.6. The number of ketones is 1. The Morgan fingerprint density at radius 1 is 1.00 bits per heavy atom. The molecule has 0 bridgehead atoms. The molecule has 0 N–H and O–H groups in total. The SMILES string of the molecule is CO/N=C\C1c2ccccc2C(=O)c2ccccc21. The molecule has 0 aromatic heterocycles. The lowest BCUT2D eigenvalue weighted by molar-refractivity contribution is 0.103. The Morgan fingerprint density at radius 2 is 1.53 bits per heavy atom. The maximum Gasteiger partial charge on any atom is 0.193 e. The van der Waals surface area contributed by atoms with E-state index in [0.29, 0.717) is 0 Å². The summed E-state index contributed by atoms with van der Waals surface area (Å²) in [5.41, 5.74) is 3.45. The van der Waals surface area contributed by atoms with Crippen molar-refractivity contribution in [2.45, 2.75) is 5.92 Å². The van der Waals surface area contributed by atoms with Gasteiger partial charge in [-0.1, -0.05) is 53.7 Å². The number of hydrogen-bond acceptors (Lipinski definition) is 3. The van der Waals surface area contributed by atoms with Gasteiger partial charge in [0.15, 0.2) is 5.78 Å². The minimum Gasteiger partial charge on any atom is -0.399 e. The minimum absolute atomic E-state index is 0.0370. The second kappa shape index (κ2) is 4.69. The van der Waals surface area contributed by atoms with Gasteiger partial charge in [0, 0.05) is 17.0 Å². The summed E-state index contributed by atoms with van der Waals surface area (Å²) < 4.78 is 0. The van der Waals surface area contributed by atoms with Crippen LogP contribution in [0, 0.1) is 0 Å². The Labute approximate surface area is 111 Å². The molecule has 3 heteroatoms. The van der Waals surface area contributed by atoms with Gasteiger partial charge in [-0.15, -0.1) is 0 Å². The molecule has 94 valence electrons. The minimum atomic E-state index is -0.0370. The van der Waals surface area contributed by atoms with Crippen molar-refractivity contribution in [2.75, 3.05) is 7.11 Å².